The molecular formula is C26H46O4. The zero-order valence-electron chi connectivity index (χ0n) is 19.6. The summed E-state index contributed by atoms with van der Waals surface area (Å²) in [6.07, 6.45) is 25.0. The smallest absolute Gasteiger partial charge is 0.306 e. The van der Waals surface area contributed by atoms with E-state index in [-0.39, 0.29) is 18.5 Å². The Bertz CT molecular complexity index is 468. The minimum absolute atomic E-state index is 0.0990. The summed E-state index contributed by atoms with van der Waals surface area (Å²) in [5.74, 6) is -0.829. The van der Waals surface area contributed by atoms with Crippen LogP contribution in [0.3, 0.4) is 0 Å². The van der Waals surface area contributed by atoms with Crippen LogP contribution in [0.15, 0.2) is 24.3 Å². The maximum Gasteiger partial charge on any atom is 0.306 e. The number of aliphatic carboxylic acids is 1. The quantitative estimate of drug-likeness (QED) is 0.117. The van der Waals surface area contributed by atoms with E-state index in [1.54, 1.807) is 0 Å². The molecule has 0 saturated carbocycles. The number of rotatable bonds is 21. The van der Waals surface area contributed by atoms with Crippen LogP contribution in [0.5, 0.6) is 0 Å². The lowest BCUT2D eigenvalue weighted by molar-refractivity contribution is -0.147. The lowest BCUT2D eigenvalue weighted by Crippen LogP contribution is -2.16. The molecule has 1 N–H and O–H groups in total. The van der Waals surface area contributed by atoms with Crippen molar-refractivity contribution >= 4 is 11.9 Å². The Morgan fingerprint density at radius 1 is 0.767 bits per heavy atom. The molecule has 0 bridgehead atoms. The van der Waals surface area contributed by atoms with Gasteiger partial charge in [0.15, 0.2) is 0 Å². The second-order valence-corrected chi connectivity index (χ2v) is 8.17. The molecule has 0 rings (SSSR count). The Labute approximate surface area is 185 Å². The van der Waals surface area contributed by atoms with Gasteiger partial charge in [0.2, 0.25) is 0 Å². The summed E-state index contributed by atoms with van der Waals surface area (Å²) in [4.78, 5) is 22.7. The third-order valence-corrected chi connectivity index (χ3v) is 5.16. The summed E-state index contributed by atoms with van der Waals surface area (Å²) >= 11 is 0. The van der Waals surface area contributed by atoms with Gasteiger partial charge in [0.25, 0.3) is 0 Å². The van der Waals surface area contributed by atoms with Gasteiger partial charge in [-0.15, -0.1) is 0 Å². The maximum absolute atomic E-state index is 12.2. The first-order valence-electron chi connectivity index (χ1n) is 12.3. The normalized spacial score (nSPS) is 12.6. The van der Waals surface area contributed by atoms with E-state index in [0.717, 1.165) is 70.6 Å². The summed E-state index contributed by atoms with van der Waals surface area (Å²) < 4.78 is 5.70. The molecule has 4 nitrogen and oxygen atoms in total. The number of carboxylic acid groups (broad SMARTS) is 1. The highest BCUT2D eigenvalue weighted by Crippen LogP contribution is 2.13. The van der Waals surface area contributed by atoms with Crippen LogP contribution in [0, 0.1) is 0 Å². The number of hydrogen-bond acceptors (Lipinski definition) is 3. The molecule has 1 atom stereocenters. The Morgan fingerprint density at radius 3 is 2.10 bits per heavy atom. The minimum Gasteiger partial charge on any atom is -0.481 e. The van der Waals surface area contributed by atoms with Gasteiger partial charge in [-0.25, -0.2) is 0 Å². The molecule has 0 aliphatic rings. The highest BCUT2D eigenvalue weighted by molar-refractivity contribution is 5.69. The molecular weight excluding hydrogens is 376 g/mol. The number of hydrogen-bond donors (Lipinski definition) is 1. The molecule has 0 heterocycles. The van der Waals surface area contributed by atoms with Gasteiger partial charge < -0.3 is 9.84 Å². The summed E-state index contributed by atoms with van der Waals surface area (Å²) in [5, 5.41) is 8.70. The molecule has 0 fully saturated rings. The van der Waals surface area contributed by atoms with E-state index < -0.39 is 5.97 Å². The van der Waals surface area contributed by atoms with Gasteiger partial charge in [-0.3, -0.25) is 9.59 Å². The first kappa shape index (κ1) is 28.4. The van der Waals surface area contributed by atoms with E-state index in [1.165, 1.54) is 25.7 Å². The molecule has 174 valence electrons. The van der Waals surface area contributed by atoms with E-state index in [4.69, 9.17) is 9.84 Å². The predicted octanol–water partition coefficient (Wildman–Crippen LogP) is 7.77. The highest BCUT2D eigenvalue weighted by Gasteiger charge is 2.11. The topological polar surface area (TPSA) is 63.6 Å². The van der Waals surface area contributed by atoms with Gasteiger partial charge in [0.1, 0.15) is 6.10 Å². The molecule has 0 aromatic rings. The molecule has 0 aliphatic heterocycles. The van der Waals surface area contributed by atoms with Crippen LogP contribution < -0.4 is 0 Å². The van der Waals surface area contributed by atoms with Gasteiger partial charge in [-0.05, 0) is 51.0 Å². The summed E-state index contributed by atoms with van der Waals surface area (Å²) in [7, 11) is 0. The third kappa shape index (κ3) is 21.1. The molecule has 1 unspecified atom stereocenters. The van der Waals surface area contributed by atoms with Crippen molar-refractivity contribution in [1.82, 2.24) is 0 Å². The van der Waals surface area contributed by atoms with Crippen LogP contribution in [-0.2, 0) is 14.3 Å². The fourth-order valence-corrected chi connectivity index (χ4v) is 3.31. The molecule has 0 aromatic heterocycles. The number of ether oxygens (including phenoxy) is 1. The average molecular weight is 423 g/mol. The molecule has 4 heteroatoms. The fourth-order valence-electron chi connectivity index (χ4n) is 3.31. The summed E-state index contributed by atoms with van der Waals surface area (Å²) in [5.41, 5.74) is 0. The largest absolute Gasteiger partial charge is 0.481 e. The monoisotopic (exact) mass is 422 g/mol. The zero-order valence-corrected chi connectivity index (χ0v) is 19.6. The van der Waals surface area contributed by atoms with Crippen molar-refractivity contribution in [1.29, 1.82) is 0 Å². The van der Waals surface area contributed by atoms with E-state index in [0.29, 0.717) is 6.42 Å². The van der Waals surface area contributed by atoms with Gasteiger partial charge in [-0.1, -0.05) is 83.4 Å². The molecule has 0 radical (unpaired) electrons. The second-order valence-electron chi connectivity index (χ2n) is 8.17. The first-order valence-corrected chi connectivity index (χ1v) is 12.3. The number of allylic oxidation sites excluding steroid dienone is 3. The standard InChI is InChI=1S/C26H46O4/c1-3-5-7-9-10-11-12-13-16-20-24(21-17-14-15-18-22-25(27)28)30-26(29)23-19-8-6-4-2/h11-12,16,20,24H,3-10,13-15,17-19,21-23H2,1-2H3,(H,27,28)/b12-11-,20-16-. The number of carboxylic acids is 1. The van der Waals surface area contributed by atoms with Crippen LogP contribution in [0.1, 0.15) is 123 Å². The van der Waals surface area contributed by atoms with Crippen LogP contribution in [0.2, 0.25) is 0 Å². The molecule has 0 aliphatic carbocycles. The van der Waals surface area contributed by atoms with Crippen LogP contribution in [0.25, 0.3) is 0 Å². The van der Waals surface area contributed by atoms with Crippen molar-refractivity contribution in [3.8, 4) is 0 Å². The van der Waals surface area contributed by atoms with E-state index in [1.807, 2.05) is 6.08 Å². The highest BCUT2D eigenvalue weighted by atomic mass is 16.5. The van der Waals surface area contributed by atoms with Crippen LogP contribution in [-0.4, -0.2) is 23.1 Å². The SMILES string of the molecule is CCCCCC/C=C\C/C=C\C(CCCCCCC(=O)O)OC(=O)CCCCCC. The fraction of sp³-hybridized carbons (Fsp3) is 0.769. The lowest BCUT2D eigenvalue weighted by atomic mass is 10.1. The van der Waals surface area contributed by atoms with E-state index >= 15 is 0 Å². The Balaban J connectivity index is 4.25. The van der Waals surface area contributed by atoms with Crippen LogP contribution in [0.4, 0.5) is 0 Å². The number of unbranched alkanes of at least 4 members (excludes halogenated alkanes) is 10. The van der Waals surface area contributed by atoms with Crippen molar-refractivity contribution in [2.24, 2.45) is 0 Å². The Hall–Kier alpha value is -1.58. The lowest BCUT2D eigenvalue weighted by Gasteiger charge is -2.14. The average Bonchev–Trinajstić information content (AvgIpc) is 2.72. The maximum atomic E-state index is 12.2. The predicted molar refractivity (Wildman–Crippen MR) is 126 cm³/mol. The Morgan fingerprint density at radius 2 is 1.40 bits per heavy atom. The van der Waals surface area contributed by atoms with E-state index in [9.17, 15) is 9.59 Å². The van der Waals surface area contributed by atoms with Crippen molar-refractivity contribution < 1.29 is 19.4 Å². The summed E-state index contributed by atoms with van der Waals surface area (Å²) in [6, 6.07) is 0. The molecule has 30 heavy (non-hydrogen) atoms. The van der Waals surface area contributed by atoms with E-state index in [2.05, 4.69) is 32.1 Å². The first-order chi connectivity index (χ1) is 14.6. The third-order valence-electron chi connectivity index (χ3n) is 5.16. The summed E-state index contributed by atoms with van der Waals surface area (Å²) in [6.45, 7) is 4.39. The number of esters is 1. The van der Waals surface area contributed by atoms with Gasteiger partial charge >= 0.3 is 11.9 Å². The van der Waals surface area contributed by atoms with Gasteiger partial charge in [-0.2, -0.15) is 0 Å². The minimum atomic E-state index is -0.730. The van der Waals surface area contributed by atoms with Crippen LogP contribution >= 0.6 is 0 Å². The van der Waals surface area contributed by atoms with Gasteiger partial charge in [0, 0.05) is 12.8 Å². The Kier molecular flexibility index (Phi) is 20.9. The van der Waals surface area contributed by atoms with Gasteiger partial charge in [0.05, 0.1) is 0 Å². The molecule has 0 amide bonds. The number of carbonyl (C=O) groups is 2. The van der Waals surface area contributed by atoms with Crippen molar-refractivity contribution in [2.75, 3.05) is 0 Å². The molecule has 0 spiro atoms. The van der Waals surface area contributed by atoms with Crippen molar-refractivity contribution in [3.63, 3.8) is 0 Å². The zero-order chi connectivity index (χ0) is 22.3. The molecule has 0 saturated heterocycles. The number of carbonyl (C=O) groups excluding carboxylic acids is 1. The van der Waals surface area contributed by atoms with Crippen molar-refractivity contribution in [2.45, 2.75) is 129 Å². The van der Waals surface area contributed by atoms with Crippen molar-refractivity contribution in [3.05, 3.63) is 24.3 Å². The molecule has 0 aromatic carbocycles. The second kappa shape index (κ2) is 22.1.